The normalized spacial score (nSPS) is 21.2. The first kappa shape index (κ1) is 10.1. The van der Waals surface area contributed by atoms with Crippen molar-refractivity contribution in [2.45, 2.75) is 45.1 Å². The molecule has 1 unspecified atom stereocenters. The molecule has 2 rings (SSSR count). The van der Waals surface area contributed by atoms with E-state index in [9.17, 15) is 0 Å². The SMILES string of the molecule is CC(C)(C)c1csc(CCC2CO2)n1. The minimum Gasteiger partial charge on any atom is -0.373 e. The Balaban J connectivity index is 1.94. The minimum absolute atomic E-state index is 0.185. The van der Waals surface area contributed by atoms with Crippen LogP contribution in [0.4, 0.5) is 0 Å². The van der Waals surface area contributed by atoms with E-state index in [4.69, 9.17) is 4.74 Å². The van der Waals surface area contributed by atoms with Crippen molar-refractivity contribution in [3.05, 3.63) is 16.1 Å². The first-order valence-corrected chi connectivity index (χ1v) is 6.00. The summed E-state index contributed by atoms with van der Waals surface area (Å²) in [5.41, 5.74) is 1.40. The van der Waals surface area contributed by atoms with Crippen LogP contribution < -0.4 is 0 Å². The van der Waals surface area contributed by atoms with Crippen LogP contribution in [0.1, 0.15) is 37.9 Å². The number of thiazole rings is 1. The van der Waals surface area contributed by atoms with E-state index in [0.717, 1.165) is 19.4 Å². The van der Waals surface area contributed by atoms with Gasteiger partial charge in [0.25, 0.3) is 0 Å². The number of aryl methyl sites for hydroxylation is 1. The van der Waals surface area contributed by atoms with Crippen molar-refractivity contribution in [2.75, 3.05) is 6.61 Å². The van der Waals surface area contributed by atoms with E-state index in [0.29, 0.717) is 6.10 Å². The lowest BCUT2D eigenvalue weighted by atomic mass is 9.93. The Bertz CT molecular complexity index is 309. The largest absolute Gasteiger partial charge is 0.373 e. The molecule has 0 aromatic carbocycles. The summed E-state index contributed by atoms with van der Waals surface area (Å²) >= 11 is 1.78. The van der Waals surface area contributed by atoms with Gasteiger partial charge in [-0.1, -0.05) is 20.8 Å². The smallest absolute Gasteiger partial charge is 0.0929 e. The van der Waals surface area contributed by atoms with Gasteiger partial charge in [0.2, 0.25) is 0 Å². The number of epoxide rings is 1. The molecule has 14 heavy (non-hydrogen) atoms. The molecule has 0 amide bonds. The third-order valence-corrected chi connectivity index (χ3v) is 3.31. The van der Waals surface area contributed by atoms with E-state index in [2.05, 4.69) is 31.1 Å². The molecular weight excluding hydrogens is 194 g/mol. The lowest BCUT2D eigenvalue weighted by Gasteiger charge is -2.14. The van der Waals surface area contributed by atoms with Gasteiger partial charge in [0, 0.05) is 17.2 Å². The molecule has 1 fully saturated rings. The van der Waals surface area contributed by atoms with Gasteiger partial charge in [-0.2, -0.15) is 0 Å². The highest BCUT2D eigenvalue weighted by molar-refractivity contribution is 7.09. The Morgan fingerprint density at radius 3 is 2.79 bits per heavy atom. The zero-order chi connectivity index (χ0) is 10.2. The minimum atomic E-state index is 0.185. The van der Waals surface area contributed by atoms with Gasteiger partial charge in [-0.25, -0.2) is 4.98 Å². The number of aromatic nitrogens is 1. The lowest BCUT2D eigenvalue weighted by Crippen LogP contribution is -2.11. The van der Waals surface area contributed by atoms with Gasteiger partial charge in [0.1, 0.15) is 0 Å². The molecule has 78 valence electrons. The summed E-state index contributed by atoms with van der Waals surface area (Å²) in [7, 11) is 0. The van der Waals surface area contributed by atoms with Gasteiger partial charge in [-0.05, 0) is 6.42 Å². The molecule has 1 aromatic heterocycles. The van der Waals surface area contributed by atoms with E-state index in [1.807, 2.05) is 0 Å². The maximum Gasteiger partial charge on any atom is 0.0929 e. The van der Waals surface area contributed by atoms with Crippen molar-refractivity contribution in [2.24, 2.45) is 0 Å². The summed E-state index contributed by atoms with van der Waals surface area (Å²) in [5.74, 6) is 0. The Morgan fingerprint density at radius 2 is 2.29 bits per heavy atom. The zero-order valence-corrected chi connectivity index (χ0v) is 9.86. The summed E-state index contributed by atoms with van der Waals surface area (Å²) in [6, 6.07) is 0. The second-order valence-electron chi connectivity index (χ2n) is 4.87. The van der Waals surface area contributed by atoms with Gasteiger partial charge >= 0.3 is 0 Å². The fourth-order valence-electron chi connectivity index (χ4n) is 1.29. The number of nitrogens with zero attached hydrogens (tertiary/aromatic N) is 1. The highest BCUT2D eigenvalue weighted by atomic mass is 32.1. The van der Waals surface area contributed by atoms with E-state index in [-0.39, 0.29) is 5.41 Å². The van der Waals surface area contributed by atoms with Gasteiger partial charge in [-0.3, -0.25) is 0 Å². The molecule has 0 bridgehead atoms. The third kappa shape index (κ3) is 2.55. The van der Waals surface area contributed by atoms with Crippen molar-refractivity contribution in [3.63, 3.8) is 0 Å². The third-order valence-electron chi connectivity index (χ3n) is 2.40. The van der Waals surface area contributed by atoms with Crippen molar-refractivity contribution in [3.8, 4) is 0 Å². The van der Waals surface area contributed by atoms with Crippen LogP contribution in [0, 0.1) is 0 Å². The Kier molecular flexibility index (Phi) is 2.62. The molecule has 1 aromatic rings. The van der Waals surface area contributed by atoms with E-state index in [1.165, 1.54) is 10.7 Å². The fourth-order valence-corrected chi connectivity index (χ4v) is 2.33. The van der Waals surface area contributed by atoms with Crippen LogP contribution in [0.3, 0.4) is 0 Å². The predicted octanol–water partition coefficient (Wildman–Crippen LogP) is 2.77. The van der Waals surface area contributed by atoms with Crippen molar-refractivity contribution < 1.29 is 4.74 Å². The van der Waals surface area contributed by atoms with Crippen molar-refractivity contribution in [1.82, 2.24) is 4.98 Å². The van der Waals surface area contributed by atoms with Crippen LogP contribution in [0.15, 0.2) is 5.38 Å². The topological polar surface area (TPSA) is 25.4 Å². The molecule has 0 aliphatic carbocycles. The van der Waals surface area contributed by atoms with Crippen molar-refractivity contribution >= 4 is 11.3 Å². The number of hydrogen-bond acceptors (Lipinski definition) is 3. The van der Waals surface area contributed by atoms with Gasteiger partial charge < -0.3 is 4.74 Å². The molecule has 0 saturated carbocycles. The van der Waals surface area contributed by atoms with E-state index < -0.39 is 0 Å². The molecule has 1 aliphatic heterocycles. The average molecular weight is 211 g/mol. The monoisotopic (exact) mass is 211 g/mol. The number of rotatable bonds is 3. The first-order chi connectivity index (χ1) is 6.55. The highest BCUT2D eigenvalue weighted by Gasteiger charge is 2.23. The Labute approximate surface area is 89.3 Å². The lowest BCUT2D eigenvalue weighted by molar-refractivity contribution is 0.396. The molecule has 2 heterocycles. The maximum atomic E-state index is 5.18. The Hall–Kier alpha value is -0.410. The van der Waals surface area contributed by atoms with Crippen LogP contribution in [0.2, 0.25) is 0 Å². The number of hydrogen-bond donors (Lipinski definition) is 0. The fraction of sp³-hybridized carbons (Fsp3) is 0.727. The molecule has 1 atom stereocenters. The molecule has 2 nitrogen and oxygen atoms in total. The van der Waals surface area contributed by atoms with Crippen LogP contribution >= 0.6 is 11.3 Å². The molecule has 0 spiro atoms. The quantitative estimate of drug-likeness (QED) is 0.718. The van der Waals surface area contributed by atoms with Crippen LogP contribution in [-0.2, 0) is 16.6 Å². The Morgan fingerprint density at radius 1 is 1.57 bits per heavy atom. The first-order valence-electron chi connectivity index (χ1n) is 5.12. The standard InChI is InChI=1S/C11H17NOS/c1-11(2,3)9-7-14-10(12-9)5-4-8-6-13-8/h7-8H,4-6H2,1-3H3. The summed E-state index contributed by atoms with van der Waals surface area (Å²) < 4.78 is 5.18. The predicted molar refractivity (Wildman–Crippen MR) is 58.9 cm³/mol. The molecular formula is C11H17NOS. The second-order valence-corrected chi connectivity index (χ2v) is 5.81. The van der Waals surface area contributed by atoms with Gasteiger partial charge in [0.15, 0.2) is 0 Å². The van der Waals surface area contributed by atoms with E-state index >= 15 is 0 Å². The summed E-state index contributed by atoms with van der Waals surface area (Å²) in [6.45, 7) is 7.57. The summed E-state index contributed by atoms with van der Waals surface area (Å²) in [6.07, 6.45) is 2.74. The van der Waals surface area contributed by atoms with E-state index in [1.54, 1.807) is 11.3 Å². The average Bonchev–Trinajstić information content (AvgIpc) is 2.77. The maximum absolute atomic E-state index is 5.18. The van der Waals surface area contributed by atoms with Gasteiger partial charge in [0.05, 0.1) is 23.4 Å². The van der Waals surface area contributed by atoms with Crippen molar-refractivity contribution in [1.29, 1.82) is 0 Å². The molecule has 1 saturated heterocycles. The highest BCUT2D eigenvalue weighted by Crippen LogP contribution is 2.25. The molecule has 3 heteroatoms. The van der Waals surface area contributed by atoms with Crippen LogP contribution in [0.5, 0.6) is 0 Å². The summed E-state index contributed by atoms with van der Waals surface area (Å²) in [5, 5.41) is 3.44. The zero-order valence-electron chi connectivity index (χ0n) is 9.04. The van der Waals surface area contributed by atoms with Crippen LogP contribution in [-0.4, -0.2) is 17.7 Å². The summed E-state index contributed by atoms with van der Waals surface area (Å²) in [4.78, 5) is 4.64. The molecule has 0 radical (unpaired) electrons. The van der Waals surface area contributed by atoms with Crippen LogP contribution in [0.25, 0.3) is 0 Å². The van der Waals surface area contributed by atoms with Gasteiger partial charge in [-0.15, -0.1) is 11.3 Å². The second kappa shape index (κ2) is 3.63. The molecule has 0 N–H and O–H groups in total. The molecule has 1 aliphatic rings. The number of ether oxygens (including phenoxy) is 1.